The molecule has 3 atom stereocenters. The van der Waals surface area contributed by atoms with Gasteiger partial charge in [-0.1, -0.05) is 12.2 Å². The molecular formula is C25H20BrF4N3O3. The predicted octanol–water partition coefficient (Wildman–Crippen LogP) is 4.61. The average molecular weight is 566 g/mol. The topological polar surface area (TPSA) is 74.6 Å². The molecular weight excluding hydrogens is 546 g/mol. The number of carboxylic acid groups (broad SMARTS) is 1. The summed E-state index contributed by atoms with van der Waals surface area (Å²) in [6.07, 6.45) is 5.56. The van der Waals surface area contributed by atoms with Gasteiger partial charge in [0.05, 0.1) is 21.1 Å². The third kappa shape index (κ3) is 3.72. The highest BCUT2D eigenvalue weighted by Gasteiger charge is 2.40. The molecule has 2 N–H and O–H groups in total. The zero-order valence-electron chi connectivity index (χ0n) is 18.9. The van der Waals surface area contributed by atoms with E-state index >= 15 is 8.78 Å². The number of likely N-dealkylation sites (N-methyl/N-ethyl adjacent to an activating group) is 1. The van der Waals surface area contributed by atoms with E-state index in [1.165, 1.54) is 0 Å². The molecule has 6 nitrogen and oxygen atoms in total. The fraction of sp³-hybridized carbons (Fsp3) is 0.280. The van der Waals surface area contributed by atoms with E-state index in [1.807, 2.05) is 19.2 Å². The second kappa shape index (κ2) is 9.04. The van der Waals surface area contributed by atoms with Crippen LogP contribution in [0.4, 0.5) is 23.2 Å². The molecule has 3 aromatic rings. The number of benzene rings is 2. The van der Waals surface area contributed by atoms with Crippen LogP contribution in [0, 0.1) is 35.1 Å². The van der Waals surface area contributed by atoms with Gasteiger partial charge < -0.3 is 19.9 Å². The lowest BCUT2D eigenvalue weighted by molar-refractivity contribution is 0.0695. The standard InChI is InChI=1S/C25H20BrF4N3O3/c1-31-16-4-2-3-11-8-32(9-13(11)16)23-20(29)19(26)18-22(21(23)30)33(10-14(24(18)34)25(35)36)17-6-5-12(27)7-15(17)28/h2,4-7,10-11,13,16,31H,3,8-9H2,1H3,(H,35,36). The van der Waals surface area contributed by atoms with Crippen LogP contribution in [0.5, 0.6) is 0 Å². The fourth-order valence-electron chi connectivity index (χ4n) is 5.34. The van der Waals surface area contributed by atoms with E-state index < -0.39 is 67.0 Å². The van der Waals surface area contributed by atoms with Crippen LogP contribution >= 0.6 is 15.9 Å². The zero-order chi connectivity index (χ0) is 25.9. The summed E-state index contributed by atoms with van der Waals surface area (Å²) in [7, 11) is 1.81. The normalized spacial score (nSPS) is 21.3. The van der Waals surface area contributed by atoms with E-state index in [1.54, 1.807) is 4.90 Å². The molecule has 0 radical (unpaired) electrons. The van der Waals surface area contributed by atoms with Crippen molar-refractivity contribution in [3.63, 3.8) is 0 Å². The molecule has 0 bridgehead atoms. The number of pyridine rings is 1. The van der Waals surface area contributed by atoms with Gasteiger partial charge in [0.1, 0.15) is 22.9 Å². The minimum absolute atomic E-state index is 0.0217. The Hall–Kier alpha value is -3.18. The largest absolute Gasteiger partial charge is 0.477 e. The molecule has 2 heterocycles. The first-order chi connectivity index (χ1) is 17.1. The average Bonchev–Trinajstić information content (AvgIpc) is 3.26. The van der Waals surface area contributed by atoms with Crippen molar-refractivity contribution in [2.75, 3.05) is 25.0 Å². The maximum Gasteiger partial charge on any atom is 0.341 e. The predicted molar refractivity (Wildman–Crippen MR) is 130 cm³/mol. The van der Waals surface area contributed by atoms with Gasteiger partial charge in [0.25, 0.3) is 0 Å². The molecule has 1 aromatic heterocycles. The summed E-state index contributed by atoms with van der Waals surface area (Å²) >= 11 is 3.03. The Morgan fingerprint density at radius 2 is 1.92 bits per heavy atom. The van der Waals surface area contributed by atoms with Gasteiger partial charge in [-0.25, -0.2) is 22.4 Å². The minimum atomic E-state index is -1.66. The van der Waals surface area contributed by atoms with E-state index in [4.69, 9.17) is 0 Å². The van der Waals surface area contributed by atoms with Crippen LogP contribution in [0.25, 0.3) is 16.6 Å². The Morgan fingerprint density at radius 1 is 1.17 bits per heavy atom. The van der Waals surface area contributed by atoms with Crippen molar-refractivity contribution >= 4 is 38.5 Å². The van der Waals surface area contributed by atoms with E-state index in [2.05, 4.69) is 21.2 Å². The Balaban J connectivity index is 1.80. The van der Waals surface area contributed by atoms with Crippen LogP contribution in [0.2, 0.25) is 0 Å². The molecule has 0 spiro atoms. The number of aromatic nitrogens is 1. The van der Waals surface area contributed by atoms with Crippen molar-refractivity contribution < 1.29 is 27.5 Å². The number of hydrogen-bond acceptors (Lipinski definition) is 4. The number of hydrogen-bond donors (Lipinski definition) is 2. The van der Waals surface area contributed by atoms with Crippen LogP contribution in [-0.2, 0) is 0 Å². The van der Waals surface area contributed by atoms with Crippen molar-refractivity contribution in [1.82, 2.24) is 9.88 Å². The van der Waals surface area contributed by atoms with Gasteiger partial charge in [-0.3, -0.25) is 4.79 Å². The van der Waals surface area contributed by atoms with Crippen LogP contribution in [0.15, 0.2) is 45.8 Å². The smallest absolute Gasteiger partial charge is 0.341 e. The molecule has 5 rings (SSSR count). The molecule has 1 saturated heterocycles. The first-order valence-corrected chi connectivity index (χ1v) is 12.0. The Labute approximate surface area is 211 Å². The van der Waals surface area contributed by atoms with Crippen molar-refractivity contribution in [1.29, 1.82) is 0 Å². The lowest BCUT2D eigenvalue weighted by atomic mass is 9.82. The highest BCUT2D eigenvalue weighted by molar-refractivity contribution is 9.10. The summed E-state index contributed by atoms with van der Waals surface area (Å²) in [6.45, 7) is 0.677. The number of rotatable bonds is 4. The first kappa shape index (κ1) is 24.5. The number of allylic oxidation sites excluding steroid dienone is 1. The van der Waals surface area contributed by atoms with E-state index in [0.717, 1.165) is 29.3 Å². The number of anilines is 1. The van der Waals surface area contributed by atoms with Gasteiger partial charge in [-0.05, 0) is 47.4 Å². The maximum absolute atomic E-state index is 16.3. The molecule has 36 heavy (non-hydrogen) atoms. The number of fused-ring (bicyclic) bond motifs is 2. The fourth-order valence-corrected chi connectivity index (χ4v) is 5.90. The summed E-state index contributed by atoms with van der Waals surface area (Å²) in [6, 6.07) is 2.47. The number of carboxylic acids is 1. The Kier molecular flexibility index (Phi) is 6.16. The summed E-state index contributed by atoms with van der Waals surface area (Å²) < 4.78 is 60.7. The lowest BCUT2D eigenvalue weighted by Gasteiger charge is -2.28. The first-order valence-electron chi connectivity index (χ1n) is 11.2. The third-order valence-corrected chi connectivity index (χ3v) is 7.77. The number of nitrogens with one attached hydrogen (secondary N) is 1. The van der Waals surface area contributed by atoms with Crippen LogP contribution < -0.4 is 15.6 Å². The molecule has 0 amide bonds. The number of carbonyl (C=O) groups is 1. The number of aromatic carboxylic acids is 1. The van der Waals surface area contributed by atoms with Crippen molar-refractivity contribution in [2.45, 2.75) is 12.5 Å². The molecule has 3 unspecified atom stereocenters. The van der Waals surface area contributed by atoms with Gasteiger partial charge in [-0.15, -0.1) is 0 Å². The quantitative estimate of drug-likeness (QED) is 0.274. The van der Waals surface area contributed by atoms with Crippen LogP contribution in [-0.4, -0.2) is 41.8 Å². The molecule has 2 aromatic carbocycles. The van der Waals surface area contributed by atoms with Crippen LogP contribution in [0.1, 0.15) is 16.8 Å². The van der Waals surface area contributed by atoms with E-state index in [0.29, 0.717) is 19.2 Å². The summed E-state index contributed by atoms with van der Waals surface area (Å²) in [5.74, 6) is -5.67. The molecule has 11 heteroatoms. The molecule has 1 fully saturated rings. The second-order valence-electron chi connectivity index (χ2n) is 8.96. The van der Waals surface area contributed by atoms with Gasteiger partial charge in [0.2, 0.25) is 5.43 Å². The molecule has 1 aliphatic carbocycles. The summed E-state index contributed by atoms with van der Waals surface area (Å²) in [4.78, 5) is 26.3. The zero-order valence-corrected chi connectivity index (χ0v) is 20.5. The molecule has 1 aliphatic heterocycles. The third-order valence-electron chi connectivity index (χ3n) is 7.03. The monoisotopic (exact) mass is 565 g/mol. The van der Waals surface area contributed by atoms with Gasteiger partial charge in [-0.2, -0.15) is 0 Å². The van der Waals surface area contributed by atoms with Crippen molar-refractivity contribution in [3.05, 3.63) is 80.1 Å². The Morgan fingerprint density at radius 3 is 2.58 bits per heavy atom. The molecule has 2 aliphatic rings. The highest BCUT2D eigenvalue weighted by Crippen LogP contribution is 2.42. The van der Waals surface area contributed by atoms with E-state index in [9.17, 15) is 23.5 Å². The van der Waals surface area contributed by atoms with Crippen LogP contribution in [0.3, 0.4) is 0 Å². The van der Waals surface area contributed by atoms with Gasteiger partial charge in [0, 0.05) is 37.3 Å². The number of nitrogens with zero attached hydrogens (tertiary/aromatic N) is 2. The summed E-state index contributed by atoms with van der Waals surface area (Å²) in [5, 5.41) is 12.1. The number of halogens is 5. The summed E-state index contributed by atoms with van der Waals surface area (Å²) in [5.41, 5.74) is -3.29. The minimum Gasteiger partial charge on any atom is -0.477 e. The van der Waals surface area contributed by atoms with E-state index in [-0.39, 0.29) is 17.9 Å². The Bertz CT molecular complexity index is 1510. The van der Waals surface area contributed by atoms with Gasteiger partial charge in [0.15, 0.2) is 11.6 Å². The SMILES string of the molecule is CNC1C=CCC2CN(c3c(F)c(Br)c4c(=O)c(C(=O)O)cn(-c5ccc(F)cc5F)c4c3F)CC21. The molecule has 0 saturated carbocycles. The second-order valence-corrected chi connectivity index (χ2v) is 9.76. The van der Waals surface area contributed by atoms with Crippen molar-refractivity contribution in [2.24, 2.45) is 11.8 Å². The van der Waals surface area contributed by atoms with Crippen molar-refractivity contribution in [3.8, 4) is 5.69 Å². The maximum atomic E-state index is 16.3. The molecule has 188 valence electrons. The lowest BCUT2D eigenvalue weighted by Crippen LogP contribution is -2.38. The highest BCUT2D eigenvalue weighted by atomic mass is 79.9. The van der Waals surface area contributed by atoms with Gasteiger partial charge >= 0.3 is 5.97 Å².